The SMILES string of the molecule is CCCN(Cc1nc2cc(Cl)ccc2c(=O)[nH]1)C(=O)c1ccc(C)cc1C. The topological polar surface area (TPSA) is 66.1 Å². The molecule has 0 atom stereocenters. The van der Waals surface area contributed by atoms with Gasteiger partial charge in [-0.1, -0.05) is 36.2 Å². The number of rotatable bonds is 5. The van der Waals surface area contributed by atoms with Crippen molar-refractivity contribution in [1.82, 2.24) is 14.9 Å². The van der Waals surface area contributed by atoms with Crippen LogP contribution >= 0.6 is 11.6 Å². The number of aryl methyl sites for hydroxylation is 2. The van der Waals surface area contributed by atoms with Crippen LogP contribution in [0.4, 0.5) is 0 Å². The Balaban J connectivity index is 1.95. The summed E-state index contributed by atoms with van der Waals surface area (Å²) in [6, 6.07) is 10.8. The zero-order valence-electron chi connectivity index (χ0n) is 15.7. The van der Waals surface area contributed by atoms with E-state index >= 15 is 0 Å². The molecule has 1 heterocycles. The second-order valence-electron chi connectivity index (χ2n) is 6.72. The largest absolute Gasteiger partial charge is 0.331 e. The van der Waals surface area contributed by atoms with Crippen LogP contribution in [0.1, 0.15) is 40.7 Å². The van der Waals surface area contributed by atoms with Gasteiger partial charge in [-0.2, -0.15) is 0 Å². The monoisotopic (exact) mass is 383 g/mol. The van der Waals surface area contributed by atoms with Gasteiger partial charge >= 0.3 is 0 Å². The molecule has 0 unspecified atom stereocenters. The fraction of sp³-hybridized carbons (Fsp3) is 0.286. The van der Waals surface area contributed by atoms with Crippen LogP contribution in [0.25, 0.3) is 10.9 Å². The van der Waals surface area contributed by atoms with Gasteiger partial charge in [0.15, 0.2) is 0 Å². The first-order valence-electron chi connectivity index (χ1n) is 8.94. The molecule has 0 aliphatic heterocycles. The second-order valence-corrected chi connectivity index (χ2v) is 7.16. The molecule has 27 heavy (non-hydrogen) atoms. The fourth-order valence-electron chi connectivity index (χ4n) is 3.16. The van der Waals surface area contributed by atoms with Gasteiger partial charge in [0, 0.05) is 17.1 Å². The van der Waals surface area contributed by atoms with Gasteiger partial charge in [-0.3, -0.25) is 9.59 Å². The van der Waals surface area contributed by atoms with Crippen molar-refractivity contribution in [3.63, 3.8) is 0 Å². The molecule has 2 aromatic carbocycles. The molecule has 0 aliphatic rings. The van der Waals surface area contributed by atoms with E-state index in [1.165, 1.54) is 0 Å². The number of hydrogen-bond acceptors (Lipinski definition) is 3. The van der Waals surface area contributed by atoms with Crippen molar-refractivity contribution >= 4 is 28.4 Å². The van der Waals surface area contributed by atoms with E-state index in [1.54, 1.807) is 23.1 Å². The summed E-state index contributed by atoms with van der Waals surface area (Å²) in [6.45, 7) is 6.75. The summed E-state index contributed by atoms with van der Waals surface area (Å²) in [4.78, 5) is 34.4. The van der Waals surface area contributed by atoms with E-state index in [4.69, 9.17) is 11.6 Å². The van der Waals surface area contributed by atoms with E-state index in [-0.39, 0.29) is 18.0 Å². The Morgan fingerprint density at radius 3 is 2.67 bits per heavy atom. The van der Waals surface area contributed by atoms with E-state index < -0.39 is 0 Å². The second kappa shape index (κ2) is 7.92. The van der Waals surface area contributed by atoms with Crippen molar-refractivity contribution in [2.75, 3.05) is 6.54 Å². The Kier molecular flexibility index (Phi) is 5.61. The number of amides is 1. The maximum absolute atomic E-state index is 13.1. The van der Waals surface area contributed by atoms with Gasteiger partial charge in [0.2, 0.25) is 0 Å². The summed E-state index contributed by atoms with van der Waals surface area (Å²) >= 11 is 6.02. The molecule has 1 aromatic heterocycles. The van der Waals surface area contributed by atoms with Gasteiger partial charge in [0.05, 0.1) is 17.4 Å². The van der Waals surface area contributed by atoms with Gasteiger partial charge in [0.25, 0.3) is 11.5 Å². The number of halogens is 1. The molecule has 0 aliphatic carbocycles. The van der Waals surface area contributed by atoms with Crippen LogP contribution < -0.4 is 5.56 Å². The first-order valence-corrected chi connectivity index (χ1v) is 9.32. The Hall–Kier alpha value is -2.66. The smallest absolute Gasteiger partial charge is 0.258 e. The van der Waals surface area contributed by atoms with Crippen LogP contribution in [0.15, 0.2) is 41.2 Å². The Morgan fingerprint density at radius 2 is 1.96 bits per heavy atom. The number of aromatic amines is 1. The number of benzene rings is 2. The van der Waals surface area contributed by atoms with E-state index in [1.807, 2.05) is 39.0 Å². The molecule has 140 valence electrons. The number of fused-ring (bicyclic) bond motifs is 1. The van der Waals surface area contributed by atoms with Gasteiger partial charge in [-0.25, -0.2) is 4.98 Å². The minimum absolute atomic E-state index is 0.0665. The first-order chi connectivity index (χ1) is 12.9. The third-order valence-corrected chi connectivity index (χ3v) is 4.69. The van der Waals surface area contributed by atoms with Crippen LogP contribution in [0, 0.1) is 13.8 Å². The average Bonchev–Trinajstić information content (AvgIpc) is 2.60. The summed E-state index contributed by atoms with van der Waals surface area (Å²) in [7, 11) is 0. The maximum Gasteiger partial charge on any atom is 0.258 e. The average molecular weight is 384 g/mol. The lowest BCUT2D eigenvalue weighted by molar-refractivity contribution is 0.0738. The summed E-state index contributed by atoms with van der Waals surface area (Å²) in [5.41, 5.74) is 3.01. The first kappa shape index (κ1) is 19.1. The number of hydrogen-bond donors (Lipinski definition) is 1. The summed E-state index contributed by atoms with van der Waals surface area (Å²) in [6.07, 6.45) is 0.806. The van der Waals surface area contributed by atoms with Crippen LogP contribution in [-0.4, -0.2) is 27.3 Å². The minimum atomic E-state index is -0.234. The molecule has 0 saturated heterocycles. The van der Waals surface area contributed by atoms with Gasteiger partial charge in [-0.15, -0.1) is 0 Å². The molecule has 1 N–H and O–H groups in total. The molecule has 0 saturated carbocycles. The third kappa shape index (κ3) is 4.19. The lowest BCUT2D eigenvalue weighted by atomic mass is 10.0. The Bertz CT molecular complexity index is 1060. The number of nitrogens with one attached hydrogen (secondary N) is 1. The predicted molar refractivity (Wildman–Crippen MR) is 108 cm³/mol. The van der Waals surface area contributed by atoms with Crippen molar-refractivity contribution in [3.05, 3.63) is 74.3 Å². The molecule has 6 heteroatoms. The highest BCUT2D eigenvalue weighted by molar-refractivity contribution is 6.31. The third-order valence-electron chi connectivity index (χ3n) is 4.45. The molecule has 3 aromatic rings. The van der Waals surface area contributed by atoms with Gasteiger partial charge in [0.1, 0.15) is 5.82 Å². The predicted octanol–water partition coefficient (Wildman–Crippen LogP) is 4.25. The fourth-order valence-corrected chi connectivity index (χ4v) is 3.33. The molecule has 0 fully saturated rings. The molecule has 5 nitrogen and oxygen atoms in total. The lowest BCUT2D eigenvalue weighted by Crippen LogP contribution is -2.33. The summed E-state index contributed by atoms with van der Waals surface area (Å²) in [5, 5.41) is 0.995. The molecule has 0 bridgehead atoms. The van der Waals surface area contributed by atoms with Crippen LogP contribution in [0.2, 0.25) is 5.02 Å². The van der Waals surface area contributed by atoms with Crippen molar-refractivity contribution in [3.8, 4) is 0 Å². The zero-order valence-corrected chi connectivity index (χ0v) is 16.4. The molecule has 1 amide bonds. The molecular formula is C21H22ClN3O2. The van der Waals surface area contributed by atoms with E-state index in [0.29, 0.717) is 33.9 Å². The van der Waals surface area contributed by atoms with Crippen LogP contribution in [0.5, 0.6) is 0 Å². The quantitative estimate of drug-likeness (QED) is 0.716. The van der Waals surface area contributed by atoms with Gasteiger partial charge < -0.3 is 9.88 Å². The molecule has 0 radical (unpaired) electrons. The van der Waals surface area contributed by atoms with Crippen LogP contribution in [-0.2, 0) is 6.54 Å². The number of nitrogens with zero attached hydrogens (tertiary/aromatic N) is 2. The molecule has 0 spiro atoms. The highest BCUT2D eigenvalue weighted by Gasteiger charge is 2.19. The zero-order chi connectivity index (χ0) is 19.6. The van der Waals surface area contributed by atoms with E-state index in [0.717, 1.165) is 17.5 Å². The molecule has 3 rings (SSSR count). The Morgan fingerprint density at radius 1 is 1.19 bits per heavy atom. The highest BCUT2D eigenvalue weighted by Crippen LogP contribution is 2.17. The van der Waals surface area contributed by atoms with Crippen molar-refractivity contribution in [2.24, 2.45) is 0 Å². The normalized spacial score (nSPS) is 11.0. The summed E-state index contributed by atoms with van der Waals surface area (Å²) < 4.78 is 0. The Labute approximate surface area is 163 Å². The summed E-state index contributed by atoms with van der Waals surface area (Å²) in [5.74, 6) is 0.379. The number of carbonyl (C=O) groups is 1. The maximum atomic E-state index is 13.1. The lowest BCUT2D eigenvalue weighted by Gasteiger charge is -2.22. The van der Waals surface area contributed by atoms with Crippen molar-refractivity contribution in [1.29, 1.82) is 0 Å². The number of H-pyrrole nitrogens is 1. The molecular weight excluding hydrogens is 362 g/mol. The minimum Gasteiger partial charge on any atom is -0.331 e. The van der Waals surface area contributed by atoms with E-state index in [2.05, 4.69) is 9.97 Å². The number of carbonyl (C=O) groups excluding carboxylic acids is 1. The van der Waals surface area contributed by atoms with Crippen molar-refractivity contribution in [2.45, 2.75) is 33.7 Å². The van der Waals surface area contributed by atoms with Crippen LogP contribution in [0.3, 0.4) is 0 Å². The van der Waals surface area contributed by atoms with E-state index in [9.17, 15) is 9.59 Å². The highest BCUT2D eigenvalue weighted by atomic mass is 35.5. The number of aromatic nitrogens is 2. The van der Waals surface area contributed by atoms with Crippen molar-refractivity contribution < 1.29 is 4.79 Å². The standard InChI is InChI=1S/C21H22ClN3O2/c1-4-9-25(21(27)16-7-5-13(2)10-14(16)3)12-19-23-18-11-15(22)6-8-17(18)20(26)24-19/h5-8,10-11H,4,9,12H2,1-3H3,(H,23,24,26). The van der Waals surface area contributed by atoms with Gasteiger partial charge in [-0.05, 0) is 50.1 Å².